The van der Waals surface area contributed by atoms with Gasteiger partial charge in [0.15, 0.2) is 5.96 Å². The second kappa shape index (κ2) is 4.45. The van der Waals surface area contributed by atoms with Crippen LogP contribution in [-0.2, 0) is 4.74 Å². The summed E-state index contributed by atoms with van der Waals surface area (Å²) in [6.07, 6.45) is 0. The summed E-state index contributed by atoms with van der Waals surface area (Å²) >= 11 is 0. The number of ether oxygens (including phenoxy) is 1. The van der Waals surface area contributed by atoms with Crippen molar-refractivity contribution in [3.8, 4) is 0 Å². The zero-order valence-corrected chi connectivity index (χ0v) is 8.65. The van der Waals surface area contributed by atoms with E-state index in [0.29, 0.717) is 11.3 Å². The summed E-state index contributed by atoms with van der Waals surface area (Å²) in [5.41, 5.74) is 12.2. The SMILES string of the molecule is COC(=O)c1ccc(C)cc1N=C(N)N. The molecule has 0 aliphatic carbocycles. The third kappa shape index (κ3) is 2.70. The van der Waals surface area contributed by atoms with Gasteiger partial charge in [0.25, 0.3) is 0 Å². The molecule has 5 heteroatoms. The normalized spacial score (nSPS) is 9.47. The fraction of sp³-hybridized carbons (Fsp3) is 0.200. The van der Waals surface area contributed by atoms with E-state index >= 15 is 0 Å². The lowest BCUT2D eigenvalue weighted by atomic mass is 10.1. The summed E-state index contributed by atoms with van der Waals surface area (Å²) < 4.78 is 4.61. The highest BCUT2D eigenvalue weighted by molar-refractivity contribution is 5.96. The Balaban J connectivity index is 3.26. The molecule has 0 spiro atoms. The number of hydrogen-bond donors (Lipinski definition) is 2. The smallest absolute Gasteiger partial charge is 0.340 e. The van der Waals surface area contributed by atoms with Crippen LogP contribution < -0.4 is 11.5 Å². The molecule has 0 bridgehead atoms. The van der Waals surface area contributed by atoms with Crippen molar-refractivity contribution in [3.63, 3.8) is 0 Å². The van der Waals surface area contributed by atoms with E-state index in [1.165, 1.54) is 7.11 Å². The number of nitrogens with zero attached hydrogens (tertiary/aromatic N) is 1. The molecule has 0 unspecified atom stereocenters. The summed E-state index contributed by atoms with van der Waals surface area (Å²) in [7, 11) is 1.31. The van der Waals surface area contributed by atoms with Gasteiger partial charge in [0.2, 0.25) is 0 Å². The van der Waals surface area contributed by atoms with Crippen LogP contribution in [0.5, 0.6) is 0 Å². The highest BCUT2D eigenvalue weighted by atomic mass is 16.5. The molecule has 0 saturated carbocycles. The molecule has 5 nitrogen and oxygen atoms in total. The van der Waals surface area contributed by atoms with Gasteiger partial charge in [-0.3, -0.25) is 0 Å². The first-order valence-electron chi connectivity index (χ1n) is 4.33. The van der Waals surface area contributed by atoms with Crippen LogP contribution in [0.25, 0.3) is 0 Å². The van der Waals surface area contributed by atoms with Crippen molar-refractivity contribution >= 4 is 17.6 Å². The van der Waals surface area contributed by atoms with Crippen molar-refractivity contribution in [2.45, 2.75) is 6.92 Å². The first-order valence-corrected chi connectivity index (χ1v) is 4.33. The monoisotopic (exact) mass is 207 g/mol. The Morgan fingerprint density at radius 1 is 1.40 bits per heavy atom. The summed E-state index contributed by atoms with van der Waals surface area (Å²) in [6, 6.07) is 5.13. The third-order valence-electron chi connectivity index (χ3n) is 1.81. The van der Waals surface area contributed by atoms with E-state index in [0.717, 1.165) is 5.56 Å². The number of benzene rings is 1. The largest absolute Gasteiger partial charge is 0.465 e. The second-order valence-corrected chi connectivity index (χ2v) is 3.05. The van der Waals surface area contributed by atoms with Crippen molar-refractivity contribution in [2.75, 3.05) is 7.11 Å². The zero-order chi connectivity index (χ0) is 11.4. The van der Waals surface area contributed by atoms with Crippen LogP contribution in [0.1, 0.15) is 15.9 Å². The zero-order valence-electron chi connectivity index (χ0n) is 8.65. The molecular weight excluding hydrogens is 194 g/mol. The number of esters is 1. The molecule has 0 aliphatic rings. The minimum atomic E-state index is -0.463. The fourth-order valence-electron chi connectivity index (χ4n) is 1.16. The highest BCUT2D eigenvalue weighted by Crippen LogP contribution is 2.21. The Bertz CT molecular complexity index is 409. The second-order valence-electron chi connectivity index (χ2n) is 3.05. The predicted molar refractivity (Wildman–Crippen MR) is 58.0 cm³/mol. The fourth-order valence-corrected chi connectivity index (χ4v) is 1.16. The molecule has 0 radical (unpaired) electrons. The molecular formula is C10H13N3O2. The van der Waals surface area contributed by atoms with Crippen molar-refractivity contribution < 1.29 is 9.53 Å². The van der Waals surface area contributed by atoms with E-state index in [4.69, 9.17) is 11.5 Å². The summed E-state index contributed by atoms with van der Waals surface area (Å²) in [6.45, 7) is 1.88. The van der Waals surface area contributed by atoms with E-state index in [1.54, 1.807) is 18.2 Å². The Morgan fingerprint density at radius 3 is 2.60 bits per heavy atom. The first-order chi connectivity index (χ1) is 7.04. The lowest BCUT2D eigenvalue weighted by Gasteiger charge is -2.04. The summed E-state index contributed by atoms with van der Waals surface area (Å²) in [4.78, 5) is 15.2. The molecule has 1 aromatic carbocycles. The number of methoxy groups -OCH3 is 1. The molecule has 0 atom stereocenters. The van der Waals surface area contributed by atoms with Crippen LogP contribution in [0.4, 0.5) is 5.69 Å². The van der Waals surface area contributed by atoms with Gasteiger partial charge < -0.3 is 16.2 Å². The lowest BCUT2D eigenvalue weighted by Crippen LogP contribution is -2.22. The number of rotatable bonds is 2. The van der Waals surface area contributed by atoms with Gasteiger partial charge in [-0.2, -0.15) is 0 Å². The average molecular weight is 207 g/mol. The van der Waals surface area contributed by atoms with Crippen molar-refractivity contribution in [1.29, 1.82) is 0 Å². The number of carbonyl (C=O) groups excluding carboxylic acids is 1. The van der Waals surface area contributed by atoms with Crippen molar-refractivity contribution in [2.24, 2.45) is 16.5 Å². The van der Waals surface area contributed by atoms with Gasteiger partial charge in [0.1, 0.15) is 0 Å². The maximum atomic E-state index is 11.4. The van der Waals surface area contributed by atoms with Gasteiger partial charge in [-0.05, 0) is 24.6 Å². The van der Waals surface area contributed by atoms with Gasteiger partial charge in [0.05, 0.1) is 18.4 Å². The number of guanidine groups is 1. The van der Waals surface area contributed by atoms with Crippen molar-refractivity contribution in [3.05, 3.63) is 29.3 Å². The molecule has 1 rings (SSSR count). The molecule has 80 valence electrons. The molecule has 0 amide bonds. The Kier molecular flexibility index (Phi) is 3.28. The Morgan fingerprint density at radius 2 is 2.07 bits per heavy atom. The summed E-state index contributed by atoms with van der Waals surface area (Å²) in [5, 5.41) is 0. The maximum absolute atomic E-state index is 11.4. The molecule has 4 N–H and O–H groups in total. The Labute approximate surface area is 87.7 Å². The lowest BCUT2D eigenvalue weighted by molar-refractivity contribution is 0.0602. The summed E-state index contributed by atoms with van der Waals surface area (Å²) in [5.74, 6) is -0.555. The number of aliphatic imine (C=N–C) groups is 1. The van der Waals surface area contributed by atoms with E-state index in [-0.39, 0.29) is 5.96 Å². The van der Waals surface area contributed by atoms with Crippen LogP contribution >= 0.6 is 0 Å². The minimum absolute atomic E-state index is 0.0919. The van der Waals surface area contributed by atoms with E-state index in [9.17, 15) is 4.79 Å². The topological polar surface area (TPSA) is 90.7 Å². The number of carbonyl (C=O) groups is 1. The molecule has 0 fully saturated rings. The minimum Gasteiger partial charge on any atom is -0.465 e. The maximum Gasteiger partial charge on any atom is 0.340 e. The van der Waals surface area contributed by atoms with Gasteiger partial charge >= 0.3 is 5.97 Å². The molecule has 0 saturated heterocycles. The van der Waals surface area contributed by atoms with E-state index < -0.39 is 5.97 Å². The van der Waals surface area contributed by atoms with E-state index in [2.05, 4.69) is 9.73 Å². The van der Waals surface area contributed by atoms with Crippen LogP contribution in [-0.4, -0.2) is 19.0 Å². The molecule has 0 heterocycles. The molecule has 0 aromatic heterocycles. The van der Waals surface area contributed by atoms with Gasteiger partial charge in [0, 0.05) is 0 Å². The Hall–Kier alpha value is -2.04. The molecule has 15 heavy (non-hydrogen) atoms. The van der Waals surface area contributed by atoms with Gasteiger partial charge in [-0.1, -0.05) is 6.07 Å². The van der Waals surface area contributed by atoms with Crippen LogP contribution in [0.2, 0.25) is 0 Å². The first kappa shape index (κ1) is 11.0. The standard InChI is InChI=1S/C10H13N3O2/c1-6-3-4-7(9(14)15-2)8(5-6)13-10(11)12/h3-5H,1-2H3,(H4,11,12,13). The number of nitrogens with two attached hydrogens (primary N) is 2. The molecule has 1 aromatic rings. The van der Waals surface area contributed by atoms with Crippen LogP contribution in [0.3, 0.4) is 0 Å². The van der Waals surface area contributed by atoms with Gasteiger partial charge in [-0.15, -0.1) is 0 Å². The van der Waals surface area contributed by atoms with Crippen LogP contribution in [0, 0.1) is 6.92 Å². The predicted octanol–water partition coefficient (Wildman–Crippen LogP) is 0.687. The van der Waals surface area contributed by atoms with E-state index in [1.807, 2.05) is 6.92 Å². The number of aryl methyl sites for hydroxylation is 1. The van der Waals surface area contributed by atoms with Crippen LogP contribution in [0.15, 0.2) is 23.2 Å². The third-order valence-corrected chi connectivity index (χ3v) is 1.81. The number of hydrogen-bond acceptors (Lipinski definition) is 3. The highest BCUT2D eigenvalue weighted by Gasteiger charge is 2.11. The quantitative estimate of drug-likeness (QED) is 0.424. The van der Waals surface area contributed by atoms with Gasteiger partial charge in [-0.25, -0.2) is 9.79 Å². The molecule has 0 aliphatic heterocycles. The average Bonchev–Trinajstić information content (AvgIpc) is 2.16. The van der Waals surface area contributed by atoms with Crippen molar-refractivity contribution in [1.82, 2.24) is 0 Å².